The zero-order valence-electron chi connectivity index (χ0n) is 19.1. The maximum atomic E-state index is 12.1. The minimum absolute atomic E-state index is 0. The fraction of sp³-hybridized carbons (Fsp3) is 0.500. The van der Waals surface area contributed by atoms with E-state index in [2.05, 4.69) is 37.4 Å². The number of likely N-dealkylation sites (N-methyl/N-ethyl adjacent to an activating group) is 1. The maximum Gasteiger partial charge on any atom is 0.270 e. The van der Waals surface area contributed by atoms with E-state index in [4.69, 9.17) is 14.9 Å². The Bertz CT molecular complexity index is 1020. The van der Waals surface area contributed by atoms with Crippen molar-refractivity contribution in [3.8, 4) is 5.75 Å². The number of aliphatic hydroxyl groups is 2. The fourth-order valence-corrected chi connectivity index (χ4v) is 3.90. The zero-order valence-corrected chi connectivity index (χ0v) is 19.1. The third-order valence-corrected chi connectivity index (χ3v) is 5.98. The summed E-state index contributed by atoms with van der Waals surface area (Å²) in [5.41, 5.74) is 1.71. The number of amides is 2. The summed E-state index contributed by atoms with van der Waals surface area (Å²) in [5.74, 6) is 1.74. The van der Waals surface area contributed by atoms with Gasteiger partial charge in [0.25, 0.3) is 5.91 Å². The Hall–Kier alpha value is -3.44. The number of aromatic nitrogens is 2. The number of pyridine rings is 2. The Morgan fingerprint density at radius 2 is 2.11 bits per heavy atom. The Kier molecular flexibility index (Phi) is 8.83. The quantitative estimate of drug-likeness (QED) is 0.403. The summed E-state index contributed by atoms with van der Waals surface area (Å²) in [7, 11) is 2.09. The van der Waals surface area contributed by atoms with Gasteiger partial charge in [0.15, 0.2) is 5.82 Å². The van der Waals surface area contributed by atoms with E-state index in [9.17, 15) is 9.59 Å². The number of nitrogens with zero attached hydrogens (tertiary/aromatic N) is 4. The molecule has 3 aliphatic rings. The first-order valence-corrected chi connectivity index (χ1v) is 11.4. The van der Waals surface area contributed by atoms with Crippen LogP contribution >= 0.6 is 0 Å². The molecule has 0 spiro atoms. The summed E-state index contributed by atoms with van der Waals surface area (Å²) < 4.78 is 5.14. The highest BCUT2D eigenvalue weighted by molar-refractivity contribution is 5.94. The molecule has 11 nitrogen and oxygen atoms in total. The number of carbonyl (C=O) groups is 2. The van der Waals surface area contributed by atoms with Crippen LogP contribution in [0.1, 0.15) is 37.2 Å². The first-order chi connectivity index (χ1) is 16.5. The predicted octanol–water partition coefficient (Wildman–Crippen LogP) is 1.02. The van der Waals surface area contributed by atoms with Crippen molar-refractivity contribution in [1.29, 1.82) is 0 Å². The Labute approximate surface area is 205 Å². The lowest BCUT2D eigenvalue weighted by Gasteiger charge is -2.34. The van der Waals surface area contributed by atoms with E-state index in [1.54, 1.807) is 6.07 Å². The summed E-state index contributed by atoms with van der Waals surface area (Å²) in [4.78, 5) is 35.2. The predicted molar refractivity (Wildman–Crippen MR) is 133 cm³/mol. The highest BCUT2D eigenvalue weighted by Crippen LogP contribution is 2.37. The summed E-state index contributed by atoms with van der Waals surface area (Å²) >= 11 is 0. The summed E-state index contributed by atoms with van der Waals surface area (Å²) in [6.45, 7) is 1.81. The van der Waals surface area contributed by atoms with Gasteiger partial charge >= 0.3 is 0 Å². The number of hydrogen-bond donors (Lipinski definition) is 4. The maximum absolute atomic E-state index is 12.1. The monoisotopic (exact) mass is 486 g/mol. The van der Waals surface area contributed by atoms with Crippen LogP contribution in [0.3, 0.4) is 0 Å². The molecule has 5 rings (SSSR count). The van der Waals surface area contributed by atoms with Crippen LogP contribution in [0.25, 0.3) is 0 Å². The van der Waals surface area contributed by atoms with E-state index >= 15 is 0 Å². The van der Waals surface area contributed by atoms with Crippen LogP contribution < -0.4 is 25.2 Å². The van der Waals surface area contributed by atoms with E-state index in [0.29, 0.717) is 35.8 Å². The van der Waals surface area contributed by atoms with Crippen LogP contribution in [0.5, 0.6) is 5.75 Å². The van der Waals surface area contributed by atoms with Gasteiger partial charge in [-0.1, -0.05) is 7.43 Å². The standard InChI is InChI=1S/C14H18N4O.C9H12N2O4.CH4/c1-17-10-6-7-18(8-10)12-5-4-11(16-13(12)17)14(19)15-9-2-3-9;12-4-7(14)5-15-8-1-2-10-9(3-8)11-6-13;/h4-5,9-10H,2-3,6-8H2,1H3,(H,15,19);1-3,6-7,12,14H,4-5H2,(H,10,11,13);1H4. The van der Waals surface area contributed by atoms with Crippen LogP contribution in [0.2, 0.25) is 0 Å². The molecule has 2 atom stereocenters. The molecule has 2 unspecified atom stereocenters. The van der Waals surface area contributed by atoms with Gasteiger partial charge in [0.2, 0.25) is 6.41 Å². The molecule has 2 aromatic heterocycles. The molecule has 2 bridgehead atoms. The van der Waals surface area contributed by atoms with Crippen LogP contribution in [-0.2, 0) is 4.79 Å². The van der Waals surface area contributed by atoms with Crippen molar-refractivity contribution in [3.05, 3.63) is 36.2 Å². The molecule has 0 aromatic carbocycles. The molecule has 11 heteroatoms. The molecule has 190 valence electrons. The van der Waals surface area contributed by atoms with Crippen molar-refractivity contribution in [2.24, 2.45) is 0 Å². The van der Waals surface area contributed by atoms with Gasteiger partial charge in [0.1, 0.15) is 30.0 Å². The third-order valence-electron chi connectivity index (χ3n) is 5.98. The molecular weight excluding hydrogens is 452 g/mol. The summed E-state index contributed by atoms with van der Waals surface area (Å²) in [6, 6.07) is 7.91. The Morgan fingerprint density at radius 1 is 1.31 bits per heavy atom. The normalized spacial score (nSPS) is 18.3. The van der Waals surface area contributed by atoms with Gasteiger partial charge in [-0.15, -0.1) is 0 Å². The van der Waals surface area contributed by atoms with E-state index < -0.39 is 6.10 Å². The van der Waals surface area contributed by atoms with Crippen molar-refractivity contribution >= 4 is 29.6 Å². The Morgan fingerprint density at radius 3 is 2.83 bits per heavy atom. The van der Waals surface area contributed by atoms with Gasteiger partial charge in [-0.05, 0) is 37.5 Å². The number of aliphatic hydroxyl groups excluding tert-OH is 2. The van der Waals surface area contributed by atoms with Crippen LogP contribution in [-0.4, -0.2) is 84.0 Å². The van der Waals surface area contributed by atoms with Gasteiger partial charge in [-0.25, -0.2) is 9.97 Å². The van der Waals surface area contributed by atoms with Gasteiger partial charge < -0.3 is 35.4 Å². The largest absolute Gasteiger partial charge is 0.491 e. The molecule has 2 fully saturated rings. The SMILES string of the molecule is C.CN1c2nc(C(=O)NC3CC3)ccc2N2CCC1C2.O=CNc1cc(OCC(O)CO)ccn1. The number of anilines is 3. The van der Waals surface area contributed by atoms with E-state index in [0.717, 1.165) is 31.7 Å². The van der Waals surface area contributed by atoms with Crippen molar-refractivity contribution in [3.63, 3.8) is 0 Å². The van der Waals surface area contributed by atoms with Gasteiger partial charge in [0, 0.05) is 44.5 Å². The second kappa shape index (κ2) is 11.8. The van der Waals surface area contributed by atoms with Crippen molar-refractivity contribution in [2.75, 3.05) is 48.5 Å². The van der Waals surface area contributed by atoms with Crippen LogP contribution in [0.15, 0.2) is 30.5 Å². The van der Waals surface area contributed by atoms with Crippen molar-refractivity contribution in [1.82, 2.24) is 15.3 Å². The number of rotatable bonds is 8. The van der Waals surface area contributed by atoms with Crippen molar-refractivity contribution in [2.45, 2.75) is 44.9 Å². The van der Waals surface area contributed by atoms with Crippen molar-refractivity contribution < 1.29 is 24.5 Å². The Balaban J connectivity index is 0.000000197. The number of hydrogen-bond acceptors (Lipinski definition) is 9. The number of fused-ring (bicyclic) bond motifs is 4. The van der Waals surface area contributed by atoms with E-state index in [-0.39, 0.29) is 26.5 Å². The average Bonchev–Trinajstić information content (AvgIpc) is 3.56. The molecule has 2 amide bonds. The molecule has 35 heavy (non-hydrogen) atoms. The van der Waals surface area contributed by atoms with E-state index in [1.807, 2.05) is 12.1 Å². The van der Waals surface area contributed by atoms with Crippen LogP contribution in [0.4, 0.5) is 17.3 Å². The summed E-state index contributed by atoms with van der Waals surface area (Å²) in [5, 5.41) is 22.9. The van der Waals surface area contributed by atoms with Gasteiger partial charge in [-0.3, -0.25) is 9.59 Å². The van der Waals surface area contributed by atoms with Gasteiger partial charge in [-0.2, -0.15) is 0 Å². The minimum atomic E-state index is -0.916. The lowest BCUT2D eigenvalue weighted by molar-refractivity contribution is -0.105. The summed E-state index contributed by atoms with van der Waals surface area (Å²) in [6.07, 6.45) is 4.44. The lowest BCUT2D eigenvalue weighted by atomic mass is 10.2. The number of carbonyl (C=O) groups excluding carboxylic acids is 2. The fourth-order valence-electron chi connectivity index (χ4n) is 3.90. The zero-order chi connectivity index (χ0) is 24.1. The second-order valence-corrected chi connectivity index (χ2v) is 8.57. The smallest absolute Gasteiger partial charge is 0.270 e. The molecule has 1 saturated heterocycles. The highest BCUT2D eigenvalue weighted by Gasteiger charge is 2.35. The minimum Gasteiger partial charge on any atom is -0.491 e. The molecule has 1 aliphatic carbocycles. The molecule has 4 heterocycles. The molecule has 2 aromatic rings. The lowest BCUT2D eigenvalue weighted by Crippen LogP contribution is -2.40. The van der Waals surface area contributed by atoms with Gasteiger partial charge in [0.05, 0.1) is 12.3 Å². The molecule has 1 saturated carbocycles. The molecular formula is C24H34N6O5. The molecule has 0 radical (unpaired) electrons. The van der Waals surface area contributed by atoms with Crippen LogP contribution in [0, 0.1) is 0 Å². The first-order valence-electron chi connectivity index (χ1n) is 11.4. The third kappa shape index (κ3) is 6.58. The highest BCUT2D eigenvalue weighted by atomic mass is 16.5. The molecule has 4 N–H and O–H groups in total. The first kappa shape index (κ1) is 26.2. The molecule has 2 aliphatic heterocycles. The average molecular weight is 487 g/mol. The topological polar surface area (TPSA) is 140 Å². The number of nitrogens with one attached hydrogen (secondary N) is 2. The number of ether oxygens (including phenoxy) is 1. The second-order valence-electron chi connectivity index (χ2n) is 8.57. The van der Waals surface area contributed by atoms with E-state index in [1.165, 1.54) is 24.4 Å².